The summed E-state index contributed by atoms with van der Waals surface area (Å²) in [5.41, 5.74) is 3.74. The molecule has 4 heteroatoms. The maximum Gasteiger partial charge on any atom is 0.266 e. The molecule has 0 amide bonds. The van der Waals surface area contributed by atoms with Crippen LogP contribution in [-0.2, 0) is 6.42 Å². The van der Waals surface area contributed by atoms with E-state index in [0.717, 1.165) is 27.2 Å². The van der Waals surface area contributed by atoms with Gasteiger partial charge in [0.1, 0.15) is 0 Å². The molecular formula is C18H14N2OS. The SMILES string of the molecule is CCc1ccc2c(c1)sc1ncc(-c3ccccc3)c(=O)n12. The van der Waals surface area contributed by atoms with Crippen LogP contribution in [0.3, 0.4) is 0 Å². The van der Waals surface area contributed by atoms with Gasteiger partial charge >= 0.3 is 0 Å². The number of rotatable bonds is 2. The van der Waals surface area contributed by atoms with Gasteiger partial charge in [0.25, 0.3) is 5.56 Å². The number of thiazole rings is 1. The summed E-state index contributed by atoms with van der Waals surface area (Å²) in [4.78, 5) is 18.1. The number of hydrogen-bond acceptors (Lipinski definition) is 3. The Labute approximate surface area is 131 Å². The molecule has 2 aromatic heterocycles. The third-order valence-electron chi connectivity index (χ3n) is 3.89. The fourth-order valence-corrected chi connectivity index (χ4v) is 3.73. The van der Waals surface area contributed by atoms with Gasteiger partial charge in [-0.25, -0.2) is 4.98 Å². The van der Waals surface area contributed by atoms with Crippen LogP contribution in [0.5, 0.6) is 0 Å². The molecule has 4 rings (SSSR count). The standard InChI is InChI=1S/C18H14N2OS/c1-2-12-8-9-15-16(10-12)22-18-19-11-14(17(21)20(15)18)13-6-4-3-5-7-13/h3-11H,2H2,1H3. The Bertz CT molecular complexity index is 1030. The molecule has 0 radical (unpaired) electrons. The molecule has 0 fully saturated rings. The first-order valence-corrected chi connectivity index (χ1v) is 8.08. The highest BCUT2D eigenvalue weighted by Crippen LogP contribution is 2.26. The van der Waals surface area contributed by atoms with E-state index in [4.69, 9.17) is 0 Å². The first kappa shape index (κ1) is 13.2. The summed E-state index contributed by atoms with van der Waals surface area (Å²) in [6.45, 7) is 2.13. The Balaban J connectivity index is 2.06. The summed E-state index contributed by atoms with van der Waals surface area (Å²) in [7, 11) is 0. The highest BCUT2D eigenvalue weighted by Gasteiger charge is 2.12. The molecular weight excluding hydrogens is 292 g/mol. The van der Waals surface area contributed by atoms with Gasteiger partial charge in [-0.2, -0.15) is 0 Å². The minimum Gasteiger partial charge on any atom is -0.268 e. The second-order valence-electron chi connectivity index (χ2n) is 5.22. The van der Waals surface area contributed by atoms with E-state index in [1.165, 1.54) is 5.56 Å². The molecule has 0 saturated heterocycles. The van der Waals surface area contributed by atoms with Crippen LogP contribution in [0.1, 0.15) is 12.5 Å². The summed E-state index contributed by atoms with van der Waals surface area (Å²) in [5.74, 6) is 0. The lowest BCUT2D eigenvalue weighted by Crippen LogP contribution is -2.15. The predicted octanol–water partition coefficient (Wildman–Crippen LogP) is 4.14. The van der Waals surface area contributed by atoms with Crippen molar-refractivity contribution >= 4 is 26.5 Å². The van der Waals surface area contributed by atoms with Crippen LogP contribution in [0, 0.1) is 0 Å². The predicted molar refractivity (Wildman–Crippen MR) is 91.7 cm³/mol. The van der Waals surface area contributed by atoms with Crippen molar-refractivity contribution in [3.63, 3.8) is 0 Å². The highest BCUT2D eigenvalue weighted by atomic mass is 32.1. The normalized spacial score (nSPS) is 11.3. The van der Waals surface area contributed by atoms with Crippen molar-refractivity contribution in [3.8, 4) is 11.1 Å². The summed E-state index contributed by atoms with van der Waals surface area (Å²) in [5, 5.41) is 0. The topological polar surface area (TPSA) is 34.4 Å². The average molecular weight is 306 g/mol. The monoisotopic (exact) mass is 306 g/mol. The molecule has 2 heterocycles. The lowest BCUT2D eigenvalue weighted by atomic mass is 10.1. The highest BCUT2D eigenvalue weighted by molar-refractivity contribution is 7.23. The number of aryl methyl sites for hydroxylation is 1. The molecule has 0 bridgehead atoms. The van der Waals surface area contributed by atoms with Crippen LogP contribution in [0.15, 0.2) is 59.5 Å². The van der Waals surface area contributed by atoms with Crippen molar-refractivity contribution < 1.29 is 0 Å². The Morgan fingerprint density at radius 1 is 1.14 bits per heavy atom. The van der Waals surface area contributed by atoms with Crippen LogP contribution in [-0.4, -0.2) is 9.38 Å². The molecule has 0 spiro atoms. The van der Waals surface area contributed by atoms with Gasteiger partial charge in [-0.3, -0.25) is 9.20 Å². The quantitative estimate of drug-likeness (QED) is 0.558. The summed E-state index contributed by atoms with van der Waals surface area (Å²) < 4.78 is 2.83. The molecule has 0 aliphatic carbocycles. The van der Waals surface area contributed by atoms with Gasteiger partial charge < -0.3 is 0 Å². The third kappa shape index (κ3) is 1.96. The average Bonchev–Trinajstić information content (AvgIpc) is 2.94. The second kappa shape index (κ2) is 5.07. The van der Waals surface area contributed by atoms with E-state index in [-0.39, 0.29) is 5.56 Å². The smallest absolute Gasteiger partial charge is 0.266 e. The van der Waals surface area contributed by atoms with Gasteiger partial charge in [0.05, 0.1) is 15.8 Å². The minimum absolute atomic E-state index is 0.00769. The maximum absolute atomic E-state index is 12.9. The molecule has 0 aliphatic heterocycles. The first-order chi connectivity index (χ1) is 10.8. The van der Waals surface area contributed by atoms with E-state index < -0.39 is 0 Å². The fraction of sp³-hybridized carbons (Fsp3) is 0.111. The van der Waals surface area contributed by atoms with E-state index >= 15 is 0 Å². The fourth-order valence-electron chi connectivity index (χ4n) is 2.68. The van der Waals surface area contributed by atoms with Gasteiger partial charge in [-0.15, -0.1) is 0 Å². The van der Waals surface area contributed by atoms with Crippen molar-refractivity contribution in [3.05, 3.63) is 70.6 Å². The molecule has 2 aromatic carbocycles. The van der Waals surface area contributed by atoms with Crippen LogP contribution in [0.2, 0.25) is 0 Å². The number of nitrogens with zero attached hydrogens (tertiary/aromatic N) is 2. The van der Waals surface area contributed by atoms with E-state index in [0.29, 0.717) is 5.56 Å². The number of benzene rings is 2. The molecule has 0 aliphatic rings. The zero-order valence-corrected chi connectivity index (χ0v) is 12.9. The molecule has 0 N–H and O–H groups in total. The van der Waals surface area contributed by atoms with Gasteiger partial charge in [0, 0.05) is 6.20 Å². The van der Waals surface area contributed by atoms with Crippen molar-refractivity contribution in [2.24, 2.45) is 0 Å². The van der Waals surface area contributed by atoms with Crippen LogP contribution in [0.4, 0.5) is 0 Å². The van der Waals surface area contributed by atoms with E-state index in [1.807, 2.05) is 36.4 Å². The Morgan fingerprint density at radius 2 is 1.95 bits per heavy atom. The molecule has 0 saturated carbocycles. The summed E-state index contributed by atoms with van der Waals surface area (Å²) in [6.07, 6.45) is 2.67. The zero-order valence-electron chi connectivity index (χ0n) is 12.1. The minimum atomic E-state index is -0.00769. The Kier molecular flexibility index (Phi) is 3.05. The van der Waals surface area contributed by atoms with E-state index in [1.54, 1.807) is 21.9 Å². The molecule has 0 atom stereocenters. The number of hydrogen-bond donors (Lipinski definition) is 0. The van der Waals surface area contributed by atoms with E-state index in [9.17, 15) is 4.79 Å². The summed E-state index contributed by atoms with van der Waals surface area (Å²) >= 11 is 1.56. The van der Waals surface area contributed by atoms with Crippen molar-refractivity contribution in [2.45, 2.75) is 13.3 Å². The van der Waals surface area contributed by atoms with Gasteiger partial charge in [-0.05, 0) is 29.7 Å². The van der Waals surface area contributed by atoms with Crippen LogP contribution in [0.25, 0.3) is 26.3 Å². The van der Waals surface area contributed by atoms with E-state index in [2.05, 4.69) is 24.0 Å². The zero-order chi connectivity index (χ0) is 15.1. The van der Waals surface area contributed by atoms with Gasteiger partial charge in [0.15, 0.2) is 4.96 Å². The van der Waals surface area contributed by atoms with Crippen LogP contribution >= 0.6 is 11.3 Å². The second-order valence-corrected chi connectivity index (χ2v) is 6.23. The first-order valence-electron chi connectivity index (χ1n) is 7.26. The number of aromatic nitrogens is 2. The van der Waals surface area contributed by atoms with Crippen molar-refractivity contribution in [1.82, 2.24) is 9.38 Å². The molecule has 4 aromatic rings. The van der Waals surface area contributed by atoms with Gasteiger partial charge in [-0.1, -0.05) is 54.7 Å². The Morgan fingerprint density at radius 3 is 2.73 bits per heavy atom. The van der Waals surface area contributed by atoms with Crippen molar-refractivity contribution in [2.75, 3.05) is 0 Å². The molecule has 22 heavy (non-hydrogen) atoms. The maximum atomic E-state index is 12.9. The largest absolute Gasteiger partial charge is 0.268 e. The van der Waals surface area contributed by atoms with Crippen molar-refractivity contribution in [1.29, 1.82) is 0 Å². The lowest BCUT2D eigenvalue weighted by molar-refractivity contribution is 1.11. The third-order valence-corrected chi connectivity index (χ3v) is 4.91. The Hall–Kier alpha value is -2.46. The van der Waals surface area contributed by atoms with Gasteiger partial charge in [0.2, 0.25) is 0 Å². The summed E-state index contributed by atoms with van der Waals surface area (Å²) in [6, 6.07) is 15.9. The number of fused-ring (bicyclic) bond motifs is 3. The lowest BCUT2D eigenvalue weighted by Gasteiger charge is -2.02. The van der Waals surface area contributed by atoms with Crippen LogP contribution < -0.4 is 5.56 Å². The molecule has 3 nitrogen and oxygen atoms in total. The molecule has 108 valence electrons. The molecule has 0 unspecified atom stereocenters.